The first-order valence-corrected chi connectivity index (χ1v) is 8.38. The van der Waals surface area contributed by atoms with Crippen molar-refractivity contribution in [2.45, 2.75) is 13.0 Å². The molecular formula is C21H21N3O2. The molecule has 0 unspecified atom stereocenters. The van der Waals surface area contributed by atoms with E-state index < -0.39 is 0 Å². The number of carbonyl (C=O) groups excluding carboxylic acids is 1. The van der Waals surface area contributed by atoms with E-state index in [9.17, 15) is 4.79 Å². The molecule has 0 fully saturated rings. The number of aromatic nitrogens is 1. The maximum absolute atomic E-state index is 12.2. The van der Waals surface area contributed by atoms with Gasteiger partial charge >= 0.3 is 0 Å². The van der Waals surface area contributed by atoms with Crippen molar-refractivity contribution in [2.24, 2.45) is 0 Å². The average molecular weight is 347 g/mol. The second kappa shape index (κ2) is 8.67. The van der Waals surface area contributed by atoms with E-state index in [0.29, 0.717) is 13.0 Å². The minimum absolute atomic E-state index is 0.0498. The Hall–Kier alpha value is -3.34. The Balaban J connectivity index is 1.50. The lowest BCUT2D eigenvalue weighted by Crippen LogP contribution is -2.14. The van der Waals surface area contributed by atoms with Crippen molar-refractivity contribution in [3.05, 3.63) is 84.2 Å². The molecule has 3 rings (SSSR count). The highest BCUT2D eigenvalue weighted by Gasteiger charge is 2.05. The van der Waals surface area contributed by atoms with E-state index in [2.05, 4.69) is 15.6 Å². The lowest BCUT2D eigenvalue weighted by Gasteiger charge is -2.09. The maximum Gasteiger partial charge on any atom is 0.228 e. The Kier molecular flexibility index (Phi) is 5.83. The van der Waals surface area contributed by atoms with Gasteiger partial charge in [-0.2, -0.15) is 0 Å². The lowest BCUT2D eigenvalue weighted by atomic mass is 10.1. The molecule has 0 bridgehead atoms. The van der Waals surface area contributed by atoms with Crippen LogP contribution in [0.4, 0.5) is 11.4 Å². The highest BCUT2D eigenvalue weighted by atomic mass is 16.5. The molecule has 5 heteroatoms. The Bertz CT molecular complexity index is 831. The summed E-state index contributed by atoms with van der Waals surface area (Å²) in [4.78, 5) is 16.3. The van der Waals surface area contributed by atoms with Crippen molar-refractivity contribution in [3.63, 3.8) is 0 Å². The molecule has 0 aliphatic heterocycles. The molecule has 0 aliphatic carbocycles. The second-order valence-electron chi connectivity index (χ2n) is 5.87. The Morgan fingerprint density at radius 3 is 2.35 bits per heavy atom. The summed E-state index contributed by atoms with van der Waals surface area (Å²) in [7, 11) is 1.62. The van der Waals surface area contributed by atoms with Crippen molar-refractivity contribution in [3.8, 4) is 5.75 Å². The van der Waals surface area contributed by atoms with Gasteiger partial charge in [-0.05, 0) is 53.6 Å². The molecule has 0 spiro atoms. The summed E-state index contributed by atoms with van der Waals surface area (Å²) in [5, 5.41) is 6.24. The summed E-state index contributed by atoms with van der Waals surface area (Å²) in [6.07, 6.45) is 3.92. The number of rotatable bonds is 7. The summed E-state index contributed by atoms with van der Waals surface area (Å²) >= 11 is 0. The van der Waals surface area contributed by atoms with Gasteiger partial charge in [0.1, 0.15) is 5.75 Å². The molecule has 0 saturated carbocycles. The van der Waals surface area contributed by atoms with Crippen molar-refractivity contribution in [2.75, 3.05) is 17.7 Å². The largest absolute Gasteiger partial charge is 0.497 e. The van der Waals surface area contributed by atoms with Crippen LogP contribution in [0.2, 0.25) is 0 Å². The third-order valence-electron chi connectivity index (χ3n) is 3.91. The molecule has 0 radical (unpaired) electrons. The Morgan fingerprint density at radius 2 is 1.69 bits per heavy atom. The highest BCUT2D eigenvalue weighted by molar-refractivity contribution is 5.92. The van der Waals surface area contributed by atoms with Crippen LogP contribution in [0.15, 0.2) is 73.1 Å². The SMILES string of the molecule is COc1ccc(CC(=O)Nc2ccc(NCc3cccnc3)cc2)cc1. The molecule has 26 heavy (non-hydrogen) atoms. The summed E-state index contributed by atoms with van der Waals surface area (Å²) in [5.74, 6) is 0.731. The molecule has 1 amide bonds. The normalized spacial score (nSPS) is 10.2. The van der Waals surface area contributed by atoms with Gasteiger partial charge in [-0.3, -0.25) is 9.78 Å². The third-order valence-corrected chi connectivity index (χ3v) is 3.91. The number of hydrogen-bond donors (Lipinski definition) is 2. The molecule has 0 aliphatic rings. The van der Waals surface area contributed by atoms with Crippen LogP contribution < -0.4 is 15.4 Å². The first kappa shape index (κ1) is 17.5. The van der Waals surface area contributed by atoms with Crippen LogP contribution in [0.3, 0.4) is 0 Å². The minimum atomic E-state index is -0.0498. The number of carbonyl (C=O) groups is 1. The first-order chi connectivity index (χ1) is 12.7. The summed E-state index contributed by atoms with van der Waals surface area (Å²) in [5.41, 5.74) is 3.82. The molecule has 1 heterocycles. The van der Waals surface area contributed by atoms with Gasteiger partial charge in [0.15, 0.2) is 0 Å². The van der Waals surface area contributed by atoms with Crippen molar-refractivity contribution in [1.82, 2.24) is 4.98 Å². The van der Waals surface area contributed by atoms with Crippen LogP contribution in [0.25, 0.3) is 0 Å². The van der Waals surface area contributed by atoms with Gasteiger partial charge in [-0.1, -0.05) is 18.2 Å². The van der Waals surface area contributed by atoms with E-state index in [1.807, 2.05) is 66.9 Å². The average Bonchev–Trinajstić information content (AvgIpc) is 2.69. The zero-order valence-electron chi connectivity index (χ0n) is 14.6. The number of methoxy groups -OCH3 is 1. The van der Waals surface area contributed by atoms with Crippen LogP contribution in [0, 0.1) is 0 Å². The van der Waals surface area contributed by atoms with E-state index in [1.54, 1.807) is 13.3 Å². The second-order valence-corrected chi connectivity index (χ2v) is 5.87. The Labute approximate surface area is 153 Å². The number of amides is 1. The van der Waals surface area contributed by atoms with Crippen LogP contribution in [-0.2, 0) is 17.8 Å². The summed E-state index contributed by atoms with van der Waals surface area (Å²) in [6.45, 7) is 0.705. The number of ether oxygens (including phenoxy) is 1. The molecule has 0 atom stereocenters. The van der Waals surface area contributed by atoms with Crippen LogP contribution in [0.1, 0.15) is 11.1 Å². The van der Waals surface area contributed by atoms with E-state index >= 15 is 0 Å². The number of nitrogens with zero attached hydrogens (tertiary/aromatic N) is 1. The van der Waals surface area contributed by atoms with Gasteiger partial charge in [-0.25, -0.2) is 0 Å². The van der Waals surface area contributed by atoms with Crippen LogP contribution in [0.5, 0.6) is 5.75 Å². The Morgan fingerprint density at radius 1 is 0.962 bits per heavy atom. The van der Waals surface area contributed by atoms with Crippen LogP contribution in [-0.4, -0.2) is 18.0 Å². The van der Waals surface area contributed by atoms with Gasteiger partial charge in [-0.15, -0.1) is 0 Å². The lowest BCUT2D eigenvalue weighted by molar-refractivity contribution is -0.115. The monoisotopic (exact) mass is 347 g/mol. The topological polar surface area (TPSA) is 63.2 Å². The molecule has 2 aromatic carbocycles. The number of anilines is 2. The predicted molar refractivity (Wildman–Crippen MR) is 103 cm³/mol. The summed E-state index contributed by atoms with van der Waals surface area (Å²) in [6, 6.07) is 19.1. The predicted octanol–water partition coefficient (Wildman–Crippen LogP) is 3.88. The van der Waals surface area contributed by atoms with Crippen molar-refractivity contribution < 1.29 is 9.53 Å². The number of pyridine rings is 1. The van der Waals surface area contributed by atoms with Crippen molar-refractivity contribution in [1.29, 1.82) is 0 Å². The van der Waals surface area contributed by atoms with Gasteiger partial charge in [0, 0.05) is 30.3 Å². The minimum Gasteiger partial charge on any atom is -0.497 e. The number of nitrogens with one attached hydrogen (secondary N) is 2. The molecule has 132 valence electrons. The molecule has 2 N–H and O–H groups in total. The van der Waals surface area contributed by atoms with E-state index in [-0.39, 0.29) is 5.91 Å². The molecule has 3 aromatic rings. The zero-order valence-corrected chi connectivity index (χ0v) is 14.6. The smallest absolute Gasteiger partial charge is 0.228 e. The highest BCUT2D eigenvalue weighted by Crippen LogP contribution is 2.16. The van der Waals surface area contributed by atoms with Crippen LogP contribution >= 0.6 is 0 Å². The van der Waals surface area contributed by atoms with Gasteiger partial charge in [0.2, 0.25) is 5.91 Å². The molecule has 1 aromatic heterocycles. The maximum atomic E-state index is 12.2. The first-order valence-electron chi connectivity index (χ1n) is 8.38. The fourth-order valence-corrected chi connectivity index (χ4v) is 2.51. The number of hydrogen-bond acceptors (Lipinski definition) is 4. The van der Waals surface area contributed by atoms with E-state index in [4.69, 9.17) is 4.74 Å². The quantitative estimate of drug-likeness (QED) is 0.681. The summed E-state index contributed by atoms with van der Waals surface area (Å²) < 4.78 is 5.12. The molecule has 5 nitrogen and oxygen atoms in total. The molecule has 0 saturated heterocycles. The number of benzene rings is 2. The van der Waals surface area contributed by atoms with Gasteiger partial charge in [0.05, 0.1) is 13.5 Å². The fraction of sp³-hybridized carbons (Fsp3) is 0.143. The zero-order chi connectivity index (χ0) is 18.2. The van der Waals surface area contributed by atoms with Gasteiger partial charge in [0.25, 0.3) is 0 Å². The van der Waals surface area contributed by atoms with Crippen molar-refractivity contribution >= 4 is 17.3 Å². The van der Waals surface area contributed by atoms with E-state index in [1.165, 1.54) is 0 Å². The molecular weight excluding hydrogens is 326 g/mol. The van der Waals surface area contributed by atoms with E-state index in [0.717, 1.165) is 28.3 Å². The van der Waals surface area contributed by atoms with Gasteiger partial charge < -0.3 is 15.4 Å². The third kappa shape index (κ3) is 5.08. The standard InChI is InChI=1S/C21H21N3O2/c1-26-20-10-4-16(5-11-20)13-21(25)24-19-8-6-18(7-9-19)23-15-17-3-2-12-22-14-17/h2-12,14,23H,13,15H2,1H3,(H,24,25). The fourth-order valence-electron chi connectivity index (χ4n) is 2.51.